The number of thiazole rings is 1. The number of amides is 1. The summed E-state index contributed by atoms with van der Waals surface area (Å²) >= 11 is 1.51. The van der Waals surface area contributed by atoms with Gasteiger partial charge in [0.15, 0.2) is 5.13 Å². The Morgan fingerprint density at radius 1 is 1.17 bits per heavy atom. The van der Waals surface area contributed by atoms with E-state index >= 15 is 0 Å². The Hall–Kier alpha value is -3.04. The zero-order chi connectivity index (χ0) is 21.3. The number of carbonyl (C=O) groups is 1. The summed E-state index contributed by atoms with van der Waals surface area (Å²) < 4.78 is 8.14. The molecular weight excluding hydrogens is 400 g/mol. The lowest BCUT2D eigenvalue weighted by Gasteiger charge is -2.22. The number of para-hydroxylation sites is 1. The molecule has 30 heavy (non-hydrogen) atoms. The van der Waals surface area contributed by atoms with Crippen LogP contribution in [0.2, 0.25) is 0 Å². The maximum Gasteiger partial charge on any atom is 0.250 e. The molecule has 0 aliphatic heterocycles. The van der Waals surface area contributed by atoms with Gasteiger partial charge in [0.25, 0.3) is 5.91 Å². The largest absolute Gasteiger partial charge is 0.494 e. The summed E-state index contributed by atoms with van der Waals surface area (Å²) in [5, 5.41) is 8.98. The van der Waals surface area contributed by atoms with E-state index in [0.717, 1.165) is 33.4 Å². The first-order valence-corrected chi connectivity index (χ1v) is 10.5. The van der Waals surface area contributed by atoms with Crippen molar-refractivity contribution in [3.8, 4) is 5.75 Å². The number of hydrogen-bond acceptors (Lipinski definition) is 7. The normalized spacial score (nSPS) is 11.5. The van der Waals surface area contributed by atoms with Crippen molar-refractivity contribution in [1.29, 1.82) is 0 Å². The van der Waals surface area contributed by atoms with Crippen LogP contribution in [0.15, 0.2) is 36.4 Å². The third-order valence-electron chi connectivity index (χ3n) is 4.92. The van der Waals surface area contributed by atoms with Crippen LogP contribution in [0, 0.1) is 6.92 Å². The summed E-state index contributed by atoms with van der Waals surface area (Å²) in [6, 6.07) is 11.5. The third-order valence-corrected chi connectivity index (χ3v) is 6.13. The molecule has 0 saturated carbocycles. The van der Waals surface area contributed by atoms with E-state index < -0.39 is 0 Å². The lowest BCUT2D eigenvalue weighted by atomic mass is 10.2. The van der Waals surface area contributed by atoms with E-state index in [0.29, 0.717) is 17.4 Å². The maximum absolute atomic E-state index is 13.3. The molecule has 0 aliphatic rings. The number of carbonyl (C=O) groups excluding carboxylic acids is 1. The molecule has 2 aromatic heterocycles. The lowest BCUT2D eigenvalue weighted by molar-refractivity contribution is -0.119. The Balaban J connectivity index is 1.70. The van der Waals surface area contributed by atoms with Gasteiger partial charge < -0.3 is 9.64 Å². The number of hydrogen-bond donors (Lipinski definition) is 0. The number of aromatic nitrogens is 4. The van der Waals surface area contributed by atoms with Crippen LogP contribution in [-0.4, -0.2) is 65.1 Å². The minimum atomic E-state index is -0.0804. The molecule has 0 atom stereocenters. The van der Waals surface area contributed by atoms with E-state index in [1.54, 1.807) is 16.7 Å². The van der Waals surface area contributed by atoms with Crippen LogP contribution >= 0.6 is 11.3 Å². The topological polar surface area (TPSA) is 76.4 Å². The van der Waals surface area contributed by atoms with Crippen molar-refractivity contribution in [3.05, 3.63) is 42.0 Å². The summed E-state index contributed by atoms with van der Waals surface area (Å²) in [4.78, 5) is 21.9. The van der Waals surface area contributed by atoms with Crippen molar-refractivity contribution in [2.24, 2.45) is 0 Å². The second-order valence-electron chi connectivity index (χ2n) is 7.34. The van der Waals surface area contributed by atoms with Crippen LogP contribution in [0.3, 0.4) is 0 Å². The fourth-order valence-corrected chi connectivity index (χ4v) is 4.35. The van der Waals surface area contributed by atoms with Crippen molar-refractivity contribution in [2.75, 3.05) is 39.2 Å². The molecule has 4 aromatic rings. The van der Waals surface area contributed by atoms with Crippen LogP contribution in [0.4, 0.5) is 5.13 Å². The van der Waals surface area contributed by atoms with Gasteiger partial charge in [-0.05, 0) is 44.8 Å². The number of anilines is 1. The fourth-order valence-electron chi connectivity index (χ4n) is 3.25. The molecule has 0 N–H and O–H groups in total. The van der Waals surface area contributed by atoms with Crippen molar-refractivity contribution in [1.82, 2.24) is 24.9 Å². The van der Waals surface area contributed by atoms with Gasteiger partial charge in [0.2, 0.25) is 0 Å². The smallest absolute Gasteiger partial charge is 0.250 e. The van der Waals surface area contributed by atoms with Gasteiger partial charge in [-0.3, -0.25) is 9.69 Å². The molecule has 0 aliphatic carbocycles. The second-order valence-corrected chi connectivity index (χ2v) is 8.32. The molecule has 2 heterocycles. The predicted octanol–water partition coefficient (Wildman–Crippen LogP) is 2.95. The molecule has 0 bridgehead atoms. The third kappa shape index (κ3) is 3.86. The van der Waals surface area contributed by atoms with E-state index in [1.807, 2.05) is 62.3 Å². The van der Waals surface area contributed by atoms with Crippen LogP contribution in [0.25, 0.3) is 21.3 Å². The summed E-state index contributed by atoms with van der Waals surface area (Å²) in [5.74, 6) is 0.628. The monoisotopic (exact) mass is 424 g/mol. The first-order chi connectivity index (χ1) is 14.5. The molecule has 0 radical (unpaired) electrons. The number of methoxy groups -OCH3 is 1. The summed E-state index contributed by atoms with van der Waals surface area (Å²) in [7, 11) is 5.60. The lowest BCUT2D eigenvalue weighted by Crippen LogP contribution is -2.38. The Labute approximate surface area is 178 Å². The minimum Gasteiger partial charge on any atom is -0.494 e. The summed E-state index contributed by atoms with van der Waals surface area (Å²) in [6.45, 7) is 3.38. The average molecular weight is 425 g/mol. The standard InChI is InChI=1S/C21H24N6O2S/c1-14-9-10-17(29-4)19-20(14)30-21(22-19)26(12-11-25(2)3)18(28)13-27-16-8-6-5-7-15(16)23-24-27/h5-10H,11-13H2,1-4H3. The van der Waals surface area contributed by atoms with Gasteiger partial charge in [0, 0.05) is 13.1 Å². The van der Waals surface area contributed by atoms with E-state index in [-0.39, 0.29) is 12.5 Å². The quantitative estimate of drug-likeness (QED) is 0.454. The Morgan fingerprint density at radius 3 is 2.73 bits per heavy atom. The van der Waals surface area contributed by atoms with E-state index in [4.69, 9.17) is 9.72 Å². The fraction of sp³-hybridized carbons (Fsp3) is 0.333. The van der Waals surface area contributed by atoms with Crippen molar-refractivity contribution >= 4 is 43.6 Å². The second kappa shape index (κ2) is 8.37. The average Bonchev–Trinajstić information content (AvgIpc) is 3.34. The van der Waals surface area contributed by atoms with Gasteiger partial charge in [0.05, 0.1) is 17.3 Å². The molecule has 9 heteroatoms. The maximum atomic E-state index is 13.3. The highest BCUT2D eigenvalue weighted by atomic mass is 32.1. The number of rotatable bonds is 7. The highest BCUT2D eigenvalue weighted by Gasteiger charge is 2.23. The number of nitrogens with zero attached hydrogens (tertiary/aromatic N) is 6. The van der Waals surface area contributed by atoms with Crippen LogP contribution in [0.5, 0.6) is 5.75 Å². The SMILES string of the molecule is COc1ccc(C)c2sc(N(CCN(C)C)C(=O)Cn3nnc4ccccc43)nc12. The zero-order valence-corrected chi connectivity index (χ0v) is 18.3. The molecule has 1 amide bonds. The number of aryl methyl sites for hydroxylation is 1. The molecule has 0 saturated heterocycles. The minimum absolute atomic E-state index is 0.0804. The van der Waals surface area contributed by atoms with E-state index in [1.165, 1.54) is 11.3 Å². The van der Waals surface area contributed by atoms with Crippen molar-refractivity contribution < 1.29 is 9.53 Å². The summed E-state index contributed by atoms with van der Waals surface area (Å²) in [5.41, 5.74) is 3.49. The van der Waals surface area contributed by atoms with E-state index in [2.05, 4.69) is 10.3 Å². The van der Waals surface area contributed by atoms with Gasteiger partial charge in [-0.25, -0.2) is 9.67 Å². The van der Waals surface area contributed by atoms with E-state index in [9.17, 15) is 4.79 Å². The summed E-state index contributed by atoms with van der Waals surface area (Å²) in [6.07, 6.45) is 0. The number of likely N-dealkylation sites (N-methyl/N-ethyl adjacent to an activating group) is 1. The molecule has 2 aromatic carbocycles. The van der Waals surface area contributed by atoms with Gasteiger partial charge in [0.1, 0.15) is 23.3 Å². The zero-order valence-electron chi connectivity index (χ0n) is 17.5. The van der Waals surface area contributed by atoms with Crippen LogP contribution < -0.4 is 9.64 Å². The Bertz CT molecular complexity index is 1200. The predicted molar refractivity (Wildman–Crippen MR) is 119 cm³/mol. The van der Waals surface area contributed by atoms with Gasteiger partial charge in [-0.15, -0.1) is 5.10 Å². The molecule has 4 rings (SSSR count). The number of ether oxygens (including phenoxy) is 1. The number of benzene rings is 2. The van der Waals surface area contributed by atoms with Crippen LogP contribution in [-0.2, 0) is 11.3 Å². The Kier molecular flexibility index (Phi) is 5.65. The number of fused-ring (bicyclic) bond motifs is 2. The first kappa shape index (κ1) is 20.2. The van der Waals surface area contributed by atoms with Gasteiger partial charge in [-0.2, -0.15) is 0 Å². The van der Waals surface area contributed by atoms with Gasteiger partial charge >= 0.3 is 0 Å². The van der Waals surface area contributed by atoms with Crippen LogP contribution in [0.1, 0.15) is 5.56 Å². The highest BCUT2D eigenvalue weighted by molar-refractivity contribution is 7.22. The molecule has 0 spiro atoms. The molecule has 0 unspecified atom stereocenters. The molecule has 156 valence electrons. The molecule has 0 fully saturated rings. The highest BCUT2D eigenvalue weighted by Crippen LogP contribution is 2.36. The molecular formula is C21H24N6O2S. The van der Waals surface area contributed by atoms with Crippen molar-refractivity contribution in [3.63, 3.8) is 0 Å². The van der Waals surface area contributed by atoms with Gasteiger partial charge in [-0.1, -0.05) is 34.7 Å². The Morgan fingerprint density at radius 2 is 1.97 bits per heavy atom. The van der Waals surface area contributed by atoms with Crippen molar-refractivity contribution in [2.45, 2.75) is 13.5 Å². The first-order valence-electron chi connectivity index (χ1n) is 9.65. The molecule has 8 nitrogen and oxygen atoms in total.